The number of carbonyl (C=O) groups excluding carboxylic acids is 1. The third-order valence-corrected chi connectivity index (χ3v) is 1.93. The molecular weight excluding hydrogens is 225 g/mol. The van der Waals surface area contributed by atoms with Crippen molar-refractivity contribution in [2.24, 2.45) is 0 Å². The molecule has 2 N–H and O–H groups in total. The molecular formula is C9H17F3N2O2. The highest BCUT2D eigenvalue weighted by molar-refractivity contribution is 5.78. The van der Waals surface area contributed by atoms with Crippen molar-refractivity contribution >= 4 is 5.91 Å². The highest BCUT2D eigenvalue weighted by Crippen LogP contribution is 2.13. The highest BCUT2D eigenvalue weighted by atomic mass is 19.4. The second-order valence-electron chi connectivity index (χ2n) is 4.01. The van der Waals surface area contributed by atoms with E-state index in [0.29, 0.717) is 0 Å². The van der Waals surface area contributed by atoms with Crippen molar-refractivity contribution in [2.75, 3.05) is 13.2 Å². The maximum Gasteiger partial charge on any atom is 0.413 e. The summed E-state index contributed by atoms with van der Waals surface area (Å²) in [5.74, 6) is -0.408. The van der Waals surface area contributed by atoms with Crippen LogP contribution in [0.25, 0.3) is 0 Å². The van der Waals surface area contributed by atoms with Crippen molar-refractivity contribution in [3.05, 3.63) is 0 Å². The maximum atomic E-state index is 11.6. The minimum atomic E-state index is -4.40. The van der Waals surface area contributed by atoms with Crippen LogP contribution in [0.3, 0.4) is 0 Å². The van der Waals surface area contributed by atoms with Gasteiger partial charge in [0, 0.05) is 5.54 Å². The molecule has 0 aliphatic rings. The predicted molar refractivity (Wildman–Crippen MR) is 52.5 cm³/mol. The van der Waals surface area contributed by atoms with Crippen molar-refractivity contribution in [2.45, 2.75) is 38.9 Å². The minimum absolute atomic E-state index is 0.306. The number of hydrogen-bond donors (Lipinski definition) is 2. The van der Waals surface area contributed by atoms with E-state index in [-0.39, 0.29) is 12.1 Å². The van der Waals surface area contributed by atoms with E-state index in [9.17, 15) is 18.0 Å². The van der Waals surface area contributed by atoms with Crippen molar-refractivity contribution in [3.8, 4) is 0 Å². The first-order chi connectivity index (χ1) is 7.16. The number of rotatable bonds is 6. The second-order valence-corrected chi connectivity index (χ2v) is 4.01. The fourth-order valence-corrected chi connectivity index (χ4v) is 0.759. The molecule has 0 heterocycles. The zero-order valence-electron chi connectivity index (χ0n) is 9.57. The lowest BCUT2D eigenvalue weighted by atomic mass is 10.0. The molecule has 0 aliphatic carbocycles. The highest BCUT2D eigenvalue weighted by Gasteiger charge is 2.27. The topological polar surface area (TPSA) is 50.4 Å². The first kappa shape index (κ1) is 15.2. The van der Waals surface area contributed by atoms with Gasteiger partial charge in [0.2, 0.25) is 5.91 Å². The third kappa shape index (κ3) is 8.49. The van der Waals surface area contributed by atoms with E-state index in [4.69, 9.17) is 0 Å². The molecule has 0 aliphatic heterocycles. The Morgan fingerprint density at radius 3 is 2.31 bits per heavy atom. The number of amides is 1. The summed E-state index contributed by atoms with van der Waals surface area (Å²) in [5.41, 5.74) is 1.58. The number of halogens is 3. The summed E-state index contributed by atoms with van der Waals surface area (Å²) < 4.78 is 34.9. The van der Waals surface area contributed by atoms with Crippen LogP contribution in [0.1, 0.15) is 27.2 Å². The lowest BCUT2D eigenvalue weighted by Gasteiger charge is -2.24. The SMILES string of the molecule is CCC(C)(C)NC(=O)CNOCC(F)(F)F. The van der Waals surface area contributed by atoms with Crippen LogP contribution in [0.2, 0.25) is 0 Å². The van der Waals surface area contributed by atoms with Crippen molar-refractivity contribution < 1.29 is 22.8 Å². The molecule has 0 saturated carbocycles. The van der Waals surface area contributed by atoms with Crippen LogP contribution in [0.4, 0.5) is 13.2 Å². The smallest absolute Gasteiger partial charge is 0.350 e. The number of hydrogen-bond acceptors (Lipinski definition) is 3. The van der Waals surface area contributed by atoms with Gasteiger partial charge < -0.3 is 5.32 Å². The summed E-state index contributed by atoms with van der Waals surface area (Å²) in [6.07, 6.45) is -3.67. The molecule has 7 heteroatoms. The molecule has 0 atom stereocenters. The van der Waals surface area contributed by atoms with Crippen molar-refractivity contribution in [1.29, 1.82) is 0 Å². The van der Waals surface area contributed by atoms with Crippen LogP contribution < -0.4 is 10.8 Å². The van der Waals surface area contributed by atoms with E-state index < -0.39 is 18.7 Å². The average molecular weight is 242 g/mol. The van der Waals surface area contributed by atoms with Gasteiger partial charge in [0.25, 0.3) is 0 Å². The van der Waals surface area contributed by atoms with Gasteiger partial charge in [-0.2, -0.15) is 18.7 Å². The number of nitrogens with one attached hydrogen (secondary N) is 2. The zero-order valence-corrected chi connectivity index (χ0v) is 9.57. The molecule has 0 radical (unpaired) electrons. The Bertz CT molecular complexity index is 229. The van der Waals surface area contributed by atoms with Crippen molar-refractivity contribution in [1.82, 2.24) is 10.8 Å². The molecule has 0 aromatic carbocycles. The summed E-state index contributed by atoms with van der Waals surface area (Å²) in [7, 11) is 0. The lowest BCUT2D eigenvalue weighted by Crippen LogP contribution is -2.46. The summed E-state index contributed by atoms with van der Waals surface area (Å²) in [5, 5.41) is 2.64. The summed E-state index contributed by atoms with van der Waals surface area (Å²) in [6.45, 7) is 3.81. The predicted octanol–water partition coefficient (Wildman–Crippen LogP) is 1.37. The summed E-state index contributed by atoms with van der Waals surface area (Å²) in [6, 6.07) is 0. The average Bonchev–Trinajstić information content (AvgIpc) is 2.10. The van der Waals surface area contributed by atoms with Gasteiger partial charge in [-0.05, 0) is 20.3 Å². The zero-order chi connectivity index (χ0) is 12.8. The van der Waals surface area contributed by atoms with E-state index in [0.717, 1.165) is 6.42 Å². The Kier molecular flexibility index (Phi) is 5.74. The normalized spacial score (nSPS) is 12.6. The quantitative estimate of drug-likeness (QED) is 0.546. The van der Waals surface area contributed by atoms with Crippen LogP contribution in [0.15, 0.2) is 0 Å². The van der Waals surface area contributed by atoms with E-state index in [1.54, 1.807) is 0 Å². The van der Waals surface area contributed by atoms with Gasteiger partial charge in [0.05, 0.1) is 6.54 Å². The Balaban J connectivity index is 3.67. The maximum absolute atomic E-state index is 11.6. The molecule has 96 valence electrons. The molecule has 1 amide bonds. The van der Waals surface area contributed by atoms with Gasteiger partial charge in [-0.1, -0.05) is 6.92 Å². The fourth-order valence-electron chi connectivity index (χ4n) is 0.759. The number of hydroxylamine groups is 1. The molecule has 16 heavy (non-hydrogen) atoms. The van der Waals surface area contributed by atoms with E-state index in [1.165, 1.54) is 0 Å². The summed E-state index contributed by atoms with van der Waals surface area (Å²) >= 11 is 0. The molecule has 0 aromatic rings. The standard InChI is InChI=1S/C9H17F3N2O2/c1-4-8(2,3)14-7(15)5-13-16-6-9(10,11)12/h13H,4-6H2,1-3H3,(H,14,15). The third-order valence-electron chi connectivity index (χ3n) is 1.93. The number of carbonyl (C=O) groups is 1. The molecule has 0 spiro atoms. The van der Waals surface area contributed by atoms with Gasteiger partial charge in [0.1, 0.15) is 0 Å². The fraction of sp³-hybridized carbons (Fsp3) is 0.889. The first-order valence-electron chi connectivity index (χ1n) is 4.89. The minimum Gasteiger partial charge on any atom is -0.350 e. The summed E-state index contributed by atoms with van der Waals surface area (Å²) in [4.78, 5) is 15.3. The van der Waals surface area contributed by atoms with Crippen LogP contribution in [-0.4, -0.2) is 30.8 Å². The molecule has 0 fully saturated rings. The van der Waals surface area contributed by atoms with E-state index >= 15 is 0 Å². The largest absolute Gasteiger partial charge is 0.413 e. The number of alkyl halides is 3. The molecule has 0 unspecified atom stereocenters. The van der Waals surface area contributed by atoms with Crippen LogP contribution in [0.5, 0.6) is 0 Å². The Hall–Kier alpha value is -0.820. The molecule has 4 nitrogen and oxygen atoms in total. The van der Waals surface area contributed by atoms with Gasteiger partial charge >= 0.3 is 6.18 Å². The molecule has 0 saturated heterocycles. The monoisotopic (exact) mass is 242 g/mol. The van der Waals surface area contributed by atoms with Gasteiger partial charge in [-0.3, -0.25) is 9.63 Å². The van der Waals surface area contributed by atoms with Gasteiger partial charge in [0.15, 0.2) is 6.61 Å². The Labute approximate surface area is 92.5 Å². The van der Waals surface area contributed by atoms with Gasteiger partial charge in [-0.15, -0.1) is 0 Å². The van der Waals surface area contributed by atoms with Gasteiger partial charge in [-0.25, -0.2) is 0 Å². The second kappa shape index (κ2) is 6.05. The first-order valence-corrected chi connectivity index (χ1v) is 4.89. The van der Waals surface area contributed by atoms with E-state index in [1.807, 2.05) is 26.3 Å². The van der Waals surface area contributed by atoms with Crippen LogP contribution >= 0.6 is 0 Å². The van der Waals surface area contributed by atoms with Crippen LogP contribution in [-0.2, 0) is 9.63 Å². The molecule has 0 bridgehead atoms. The van der Waals surface area contributed by atoms with E-state index in [2.05, 4.69) is 10.2 Å². The van der Waals surface area contributed by atoms with Crippen molar-refractivity contribution in [3.63, 3.8) is 0 Å². The Morgan fingerprint density at radius 1 is 1.31 bits per heavy atom. The van der Waals surface area contributed by atoms with Crippen LogP contribution in [0, 0.1) is 0 Å². The lowest BCUT2D eigenvalue weighted by molar-refractivity contribution is -0.189. The molecule has 0 aromatic heterocycles. The Morgan fingerprint density at radius 2 is 1.88 bits per heavy atom. The molecule has 0 rings (SSSR count).